The topological polar surface area (TPSA) is 78.9 Å². The molecule has 0 rings (SSSR count). The lowest BCUT2D eigenvalue weighted by atomic mass is 10.0. The van der Waals surface area contributed by atoms with Crippen molar-refractivity contribution >= 4 is 17.9 Å². The average Bonchev–Trinajstić information content (AvgIpc) is 3.37. The van der Waals surface area contributed by atoms with Gasteiger partial charge in [0.15, 0.2) is 6.10 Å². The third-order valence-electron chi connectivity index (χ3n) is 13.2. The van der Waals surface area contributed by atoms with Gasteiger partial charge in [0.2, 0.25) is 0 Å². The summed E-state index contributed by atoms with van der Waals surface area (Å²) in [5.41, 5.74) is 0. The van der Waals surface area contributed by atoms with Crippen LogP contribution in [0.15, 0.2) is 72.9 Å². The Kier molecular flexibility index (Phi) is 56.8. The first-order valence-corrected chi connectivity index (χ1v) is 30.4. The fourth-order valence-corrected chi connectivity index (χ4v) is 8.60. The summed E-state index contributed by atoms with van der Waals surface area (Å²) in [6, 6.07) is 0. The maximum absolute atomic E-state index is 12.9. The second-order valence-electron chi connectivity index (χ2n) is 20.2. The lowest BCUT2D eigenvalue weighted by molar-refractivity contribution is -0.167. The van der Waals surface area contributed by atoms with Crippen molar-refractivity contribution in [2.24, 2.45) is 0 Å². The van der Waals surface area contributed by atoms with Crippen LogP contribution in [0.3, 0.4) is 0 Å². The van der Waals surface area contributed by atoms with Gasteiger partial charge in [-0.1, -0.05) is 248 Å². The third-order valence-corrected chi connectivity index (χ3v) is 13.2. The van der Waals surface area contributed by atoms with Gasteiger partial charge in [0.05, 0.1) is 0 Å². The Labute approximate surface area is 440 Å². The minimum atomic E-state index is -0.788. The number of carbonyl (C=O) groups excluding carboxylic acids is 3. The first-order chi connectivity index (χ1) is 35.0. The predicted molar refractivity (Wildman–Crippen MR) is 307 cm³/mol. The zero-order valence-corrected chi connectivity index (χ0v) is 47.0. The molecule has 0 aromatic heterocycles. The van der Waals surface area contributed by atoms with Gasteiger partial charge in [0, 0.05) is 19.3 Å². The van der Waals surface area contributed by atoms with Crippen molar-refractivity contribution in [1.82, 2.24) is 0 Å². The zero-order chi connectivity index (χ0) is 51.4. The van der Waals surface area contributed by atoms with E-state index in [0.29, 0.717) is 19.3 Å². The highest BCUT2D eigenvalue weighted by atomic mass is 16.6. The van der Waals surface area contributed by atoms with Gasteiger partial charge in [-0.25, -0.2) is 0 Å². The number of carbonyl (C=O) groups is 3. The molecule has 0 radical (unpaired) electrons. The molecule has 0 aliphatic heterocycles. The van der Waals surface area contributed by atoms with Gasteiger partial charge < -0.3 is 14.2 Å². The van der Waals surface area contributed by atoms with Crippen molar-refractivity contribution in [3.05, 3.63) is 72.9 Å². The van der Waals surface area contributed by atoms with E-state index in [4.69, 9.17) is 14.2 Å². The number of allylic oxidation sites excluding steroid dienone is 12. The average molecular weight is 992 g/mol. The summed E-state index contributed by atoms with van der Waals surface area (Å²) in [7, 11) is 0. The molecule has 6 nitrogen and oxygen atoms in total. The lowest BCUT2D eigenvalue weighted by Crippen LogP contribution is -2.30. The Morgan fingerprint density at radius 2 is 0.549 bits per heavy atom. The molecule has 0 spiro atoms. The van der Waals surface area contributed by atoms with Crippen molar-refractivity contribution in [1.29, 1.82) is 0 Å². The number of esters is 3. The van der Waals surface area contributed by atoms with Gasteiger partial charge in [0.25, 0.3) is 0 Å². The molecular weight excluding hydrogens is 877 g/mol. The molecule has 0 saturated heterocycles. The van der Waals surface area contributed by atoms with E-state index in [0.717, 1.165) is 109 Å². The first kappa shape index (κ1) is 67.8. The van der Waals surface area contributed by atoms with Gasteiger partial charge in [-0.15, -0.1) is 0 Å². The molecule has 0 aliphatic carbocycles. The molecule has 0 aliphatic rings. The van der Waals surface area contributed by atoms with Crippen LogP contribution in [-0.4, -0.2) is 37.2 Å². The van der Waals surface area contributed by atoms with Crippen LogP contribution >= 0.6 is 0 Å². The number of hydrogen-bond acceptors (Lipinski definition) is 6. The Hall–Kier alpha value is -3.15. The Balaban J connectivity index is 4.37. The van der Waals surface area contributed by atoms with E-state index in [1.165, 1.54) is 154 Å². The van der Waals surface area contributed by atoms with Gasteiger partial charge >= 0.3 is 17.9 Å². The van der Waals surface area contributed by atoms with Crippen LogP contribution < -0.4 is 0 Å². The van der Waals surface area contributed by atoms with Crippen LogP contribution in [0.2, 0.25) is 0 Å². The Morgan fingerprint density at radius 1 is 0.296 bits per heavy atom. The van der Waals surface area contributed by atoms with Crippen molar-refractivity contribution in [2.45, 2.75) is 309 Å². The molecule has 0 aromatic rings. The summed E-state index contributed by atoms with van der Waals surface area (Å²) < 4.78 is 16.9. The largest absolute Gasteiger partial charge is 0.462 e. The van der Waals surface area contributed by atoms with Crippen molar-refractivity contribution in [2.75, 3.05) is 13.2 Å². The van der Waals surface area contributed by atoms with Crippen LogP contribution in [0.25, 0.3) is 0 Å². The van der Waals surface area contributed by atoms with Crippen LogP contribution in [-0.2, 0) is 28.6 Å². The SMILES string of the molecule is CC/C=C\C/C=C\C/C=C\CCCCCCCC(=O)OC[C@H](COC(=O)CCCCCCCCCCCCC/C=C\CCCCCCCC)OC(=O)CCCCCCCCC/C=C\C/C=C\CCCCC. The standard InChI is InChI=1S/C65H114O6/c1-4-7-10-13-16-19-22-25-28-30-31-32-33-35-37-40-43-46-49-52-55-58-64(67)70-61-62(60-69-63(66)57-54-51-48-45-42-39-36-27-24-21-18-15-12-9-6-3)71-65(68)59-56-53-50-47-44-41-38-34-29-26-23-20-17-14-11-8-5-2/h9,12,17-18,20-21,25-29,36,62H,4-8,10-11,13-16,19,22-24,30-35,37-61H2,1-3H3/b12-9-,20-17-,21-18-,28-25-,29-26-,36-27-/t62-/m1/s1. The first-order valence-electron chi connectivity index (χ1n) is 30.4. The van der Waals surface area contributed by atoms with E-state index in [2.05, 4.69) is 93.7 Å². The Bertz CT molecular complexity index is 1320. The second kappa shape index (κ2) is 59.4. The van der Waals surface area contributed by atoms with Gasteiger partial charge in [0.1, 0.15) is 13.2 Å². The maximum Gasteiger partial charge on any atom is 0.306 e. The summed E-state index contributed by atoms with van der Waals surface area (Å²) in [5, 5.41) is 0. The molecule has 0 heterocycles. The molecular formula is C65H114O6. The van der Waals surface area contributed by atoms with E-state index in [1.807, 2.05) is 0 Å². The van der Waals surface area contributed by atoms with Crippen LogP contribution in [0.5, 0.6) is 0 Å². The molecule has 0 fully saturated rings. The highest BCUT2D eigenvalue weighted by Crippen LogP contribution is 2.16. The fraction of sp³-hybridized carbons (Fsp3) is 0.769. The second-order valence-corrected chi connectivity index (χ2v) is 20.2. The molecule has 410 valence electrons. The monoisotopic (exact) mass is 991 g/mol. The molecule has 6 heteroatoms. The zero-order valence-electron chi connectivity index (χ0n) is 47.0. The predicted octanol–water partition coefficient (Wildman–Crippen LogP) is 20.5. The maximum atomic E-state index is 12.9. The Morgan fingerprint density at radius 3 is 0.901 bits per heavy atom. The third kappa shape index (κ3) is 57.6. The molecule has 0 amide bonds. The van der Waals surface area contributed by atoms with E-state index < -0.39 is 6.10 Å². The fourth-order valence-electron chi connectivity index (χ4n) is 8.60. The summed E-state index contributed by atoms with van der Waals surface area (Å²) in [6.45, 7) is 6.51. The summed E-state index contributed by atoms with van der Waals surface area (Å²) >= 11 is 0. The van der Waals surface area contributed by atoms with Crippen molar-refractivity contribution in [3.63, 3.8) is 0 Å². The molecule has 0 unspecified atom stereocenters. The molecule has 0 bridgehead atoms. The van der Waals surface area contributed by atoms with Crippen molar-refractivity contribution in [3.8, 4) is 0 Å². The molecule has 0 N–H and O–H groups in total. The summed E-state index contributed by atoms with van der Waals surface area (Å²) in [4.78, 5) is 38.2. The minimum Gasteiger partial charge on any atom is -0.462 e. The van der Waals surface area contributed by atoms with E-state index in [1.54, 1.807) is 0 Å². The van der Waals surface area contributed by atoms with Gasteiger partial charge in [-0.05, 0) is 109 Å². The number of rotatable bonds is 55. The highest BCUT2D eigenvalue weighted by Gasteiger charge is 2.19. The molecule has 0 saturated carbocycles. The quantitative estimate of drug-likeness (QED) is 0.0261. The van der Waals surface area contributed by atoms with E-state index >= 15 is 0 Å². The number of hydrogen-bond donors (Lipinski definition) is 0. The smallest absolute Gasteiger partial charge is 0.306 e. The van der Waals surface area contributed by atoms with E-state index in [9.17, 15) is 14.4 Å². The minimum absolute atomic E-state index is 0.0836. The van der Waals surface area contributed by atoms with Crippen LogP contribution in [0, 0.1) is 0 Å². The highest BCUT2D eigenvalue weighted by molar-refractivity contribution is 5.71. The van der Waals surface area contributed by atoms with Crippen molar-refractivity contribution < 1.29 is 28.6 Å². The van der Waals surface area contributed by atoms with Gasteiger partial charge in [-0.3, -0.25) is 14.4 Å². The number of unbranched alkanes of at least 4 members (excludes halogenated alkanes) is 32. The van der Waals surface area contributed by atoms with E-state index in [-0.39, 0.29) is 31.1 Å². The van der Waals surface area contributed by atoms with Crippen LogP contribution in [0.4, 0.5) is 0 Å². The summed E-state index contributed by atoms with van der Waals surface area (Å²) in [6.07, 6.45) is 76.1. The molecule has 1 atom stereocenters. The summed E-state index contributed by atoms with van der Waals surface area (Å²) in [5.74, 6) is -0.899. The van der Waals surface area contributed by atoms with Crippen LogP contribution in [0.1, 0.15) is 303 Å². The molecule has 71 heavy (non-hydrogen) atoms. The van der Waals surface area contributed by atoms with Gasteiger partial charge in [-0.2, -0.15) is 0 Å². The normalized spacial score (nSPS) is 12.5. The molecule has 0 aromatic carbocycles. The number of ether oxygens (including phenoxy) is 3. The lowest BCUT2D eigenvalue weighted by Gasteiger charge is -2.18.